The topological polar surface area (TPSA) is 62.5 Å². The van der Waals surface area contributed by atoms with Gasteiger partial charge in [-0.2, -0.15) is 5.26 Å². The highest BCUT2D eigenvalue weighted by molar-refractivity contribution is 5.85. The first-order chi connectivity index (χ1) is 3.93. The van der Waals surface area contributed by atoms with Gasteiger partial charge in [-0.25, -0.2) is 4.98 Å². The van der Waals surface area contributed by atoms with Crippen molar-refractivity contribution >= 4 is 12.4 Å². The molecular formula is C4H3ClN4. The minimum atomic E-state index is 0. The lowest BCUT2D eigenvalue weighted by Crippen LogP contribution is -1.85. The molecule has 0 aliphatic carbocycles. The van der Waals surface area contributed by atoms with Gasteiger partial charge in [0.15, 0.2) is 5.69 Å². The molecule has 0 saturated heterocycles. The number of aromatic nitrogens is 3. The predicted molar refractivity (Wildman–Crippen MR) is 31.8 cm³/mol. The van der Waals surface area contributed by atoms with E-state index in [0.717, 1.165) is 0 Å². The van der Waals surface area contributed by atoms with Crippen molar-refractivity contribution in [2.24, 2.45) is 0 Å². The fraction of sp³-hybridized carbons (Fsp3) is 0. The maximum absolute atomic E-state index is 8.15. The SMILES string of the molecule is Cl.N#Cc1cncnn1. The molecule has 0 N–H and O–H groups in total. The molecule has 9 heavy (non-hydrogen) atoms. The second-order valence-electron chi connectivity index (χ2n) is 1.11. The summed E-state index contributed by atoms with van der Waals surface area (Å²) in [6.45, 7) is 0. The average Bonchev–Trinajstić information content (AvgIpc) is 1.90. The lowest BCUT2D eigenvalue weighted by Gasteiger charge is -1.77. The van der Waals surface area contributed by atoms with E-state index in [4.69, 9.17) is 5.26 Å². The number of nitrogens with zero attached hydrogens (tertiary/aromatic N) is 4. The molecule has 0 saturated carbocycles. The van der Waals surface area contributed by atoms with Gasteiger partial charge < -0.3 is 0 Å². The molecule has 0 aliphatic rings. The fourth-order valence-electron chi connectivity index (χ4n) is 0.299. The highest BCUT2D eigenvalue weighted by Crippen LogP contribution is 1.79. The molecule has 5 heteroatoms. The maximum atomic E-state index is 8.15. The molecule has 0 amide bonds. The molecule has 0 atom stereocenters. The number of halogens is 1. The van der Waals surface area contributed by atoms with Crippen molar-refractivity contribution in [3.8, 4) is 6.07 Å². The zero-order chi connectivity index (χ0) is 5.82. The van der Waals surface area contributed by atoms with Gasteiger partial charge in [0.1, 0.15) is 12.4 Å². The first-order valence-corrected chi connectivity index (χ1v) is 1.96. The maximum Gasteiger partial charge on any atom is 0.181 e. The molecule has 1 heterocycles. The standard InChI is InChI=1S/C4H2N4.ClH/c5-1-4-2-6-3-7-8-4;/h2-3H;1H. The molecule has 46 valence electrons. The summed E-state index contributed by atoms with van der Waals surface area (Å²) in [5, 5.41) is 14.9. The van der Waals surface area contributed by atoms with Crippen molar-refractivity contribution in [1.29, 1.82) is 5.26 Å². The summed E-state index contributed by atoms with van der Waals surface area (Å²) in [4.78, 5) is 3.56. The summed E-state index contributed by atoms with van der Waals surface area (Å²) in [7, 11) is 0. The van der Waals surface area contributed by atoms with Crippen LogP contribution in [0.3, 0.4) is 0 Å². The van der Waals surface area contributed by atoms with Gasteiger partial charge in [-0.15, -0.1) is 22.6 Å². The van der Waals surface area contributed by atoms with E-state index in [0.29, 0.717) is 0 Å². The lowest BCUT2D eigenvalue weighted by atomic mass is 10.5. The van der Waals surface area contributed by atoms with Gasteiger partial charge in [0.25, 0.3) is 0 Å². The van der Waals surface area contributed by atoms with Crippen molar-refractivity contribution in [2.75, 3.05) is 0 Å². The molecule has 0 bridgehead atoms. The van der Waals surface area contributed by atoms with E-state index < -0.39 is 0 Å². The highest BCUT2D eigenvalue weighted by Gasteiger charge is 1.84. The van der Waals surface area contributed by atoms with Gasteiger partial charge in [-0.05, 0) is 0 Å². The van der Waals surface area contributed by atoms with Gasteiger partial charge in [0.05, 0.1) is 6.20 Å². The van der Waals surface area contributed by atoms with Crippen molar-refractivity contribution in [3.05, 3.63) is 18.2 Å². The van der Waals surface area contributed by atoms with Crippen LogP contribution in [0.15, 0.2) is 12.5 Å². The van der Waals surface area contributed by atoms with Crippen LogP contribution < -0.4 is 0 Å². The van der Waals surface area contributed by atoms with Crippen LogP contribution in [-0.4, -0.2) is 15.2 Å². The van der Waals surface area contributed by atoms with Gasteiger partial charge in [-0.3, -0.25) is 0 Å². The van der Waals surface area contributed by atoms with Crippen LogP contribution in [0, 0.1) is 11.3 Å². The highest BCUT2D eigenvalue weighted by atomic mass is 35.5. The number of nitriles is 1. The molecule has 0 radical (unpaired) electrons. The van der Waals surface area contributed by atoms with E-state index in [1.807, 2.05) is 0 Å². The molecule has 0 aromatic carbocycles. The minimum Gasteiger partial charge on any atom is -0.240 e. The van der Waals surface area contributed by atoms with Crippen LogP contribution in [0.1, 0.15) is 5.69 Å². The molecule has 4 nitrogen and oxygen atoms in total. The Bertz CT molecular complexity index is 204. The Labute approximate surface area is 58.0 Å². The predicted octanol–water partition coefficient (Wildman–Crippen LogP) is 0.165. The van der Waals surface area contributed by atoms with Gasteiger partial charge >= 0.3 is 0 Å². The van der Waals surface area contributed by atoms with Crippen LogP contribution in [0.5, 0.6) is 0 Å². The summed E-state index contributed by atoms with van der Waals surface area (Å²) >= 11 is 0. The van der Waals surface area contributed by atoms with E-state index in [1.165, 1.54) is 12.5 Å². The van der Waals surface area contributed by atoms with E-state index in [1.54, 1.807) is 6.07 Å². The van der Waals surface area contributed by atoms with Gasteiger partial charge in [0, 0.05) is 0 Å². The second kappa shape index (κ2) is 3.75. The number of hydrogen-bond donors (Lipinski definition) is 0. The van der Waals surface area contributed by atoms with Gasteiger partial charge in [0.2, 0.25) is 0 Å². The monoisotopic (exact) mass is 142 g/mol. The van der Waals surface area contributed by atoms with E-state index in [2.05, 4.69) is 15.2 Å². The Kier molecular flexibility index (Phi) is 3.25. The lowest BCUT2D eigenvalue weighted by molar-refractivity contribution is 0.950. The Hall–Kier alpha value is -1.21. The zero-order valence-electron chi connectivity index (χ0n) is 4.35. The normalized spacial score (nSPS) is 7.00. The van der Waals surface area contributed by atoms with Gasteiger partial charge in [-0.1, -0.05) is 0 Å². The third kappa shape index (κ3) is 2.02. The molecule has 0 aliphatic heterocycles. The van der Waals surface area contributed by atoms with Crippen molar-refractivity contribution in [2.45, 2.75) is 0 Å². The third-order valence-corrected chi connectivity index (χ3v) is 0.595. The third-order valence-electron chi connectivity index (χ3n) is 0.595. The molecule has 1 aromatic rings. The Morgan fingerprint density at radius 3 is 2.67 bits per heavy atom. The molecule has 1 aromatic heterocycles. The molecule has 1 rings (SSSR count). The van der Waals surface area contributed by atoms with Crippen LogP contribution in [0.4, 0.5) is 0 Å². The average molecular weight is 143 g/mol. The zero-order valence-corrected chi connectivity index (χ0v) is 5.17. The summed E-state index contributed by atoms with van der Waals surface area (Å²) in [6, 6.07) is 1.79. The summed E-state index contributed by atoms with van der Waals surface area (Å²) in [5.74, 6) is 0. The van der Waals surface area contributed by atoms with E-state index >= 15 is 0 Å². The molecule has 0 unspecified atom stereocenters. The van der Waals surface area contributed by atoms with Crippen LogP contribution in [-0.2, 0) is 0 Å². The first-order valence-electron chi connectivity index (χ1n) is 1.96. The minimum absolute atomic E-state index is 0. The summed E-state index contributed by atoms with van der Waals surface area (Å²) < 4.78 is 0. The van der Waals surface area contributed by atoms with Crippen LogP contribution in [0.25, 0.3) is 0 Å². The smallest absolute Gasteiger partial charge is 0.181 e. The Morgan fingerprint density at radius 2 is 2.33 bits per heavy atom. The molecule has 0 fully saturated rings. The number of rotatable bonds is 0. The van der Waals surface area contributed by atoms with Crippen molar-refractivity contribution in [1.82, 2.24) is 15.2 Å². The van der Waals surface area contributed by atoms with Crippen molar-refractivity contribution in [3.63, 3.8) is 0 Å². The fourth-order valence-corrected chi connectivity index (χ4v) is 0.299. The summed E-state index contributed by atoms with van der Waals surface area (Å²) in [6.07, 6.45) is 2.63. The Balaban J connectivity index is 0.000000640. The second-order valence-corrected chi connectivity index (χ2v) is 1.11. The van der Waals surface area contributed by atoms with E-state index in [9.17, 15) is 0 Å². The van der Waals surface area contributed by atoms with Crippen LogP contribution >= 0.6 is 12.4 Å². The molecular weight excluding hydrogens is 140 g/mol. The molecule has 0 spiro atoms. The first kappa shape index (κ1) is 7.79. The number of hydrogen-bond acceptors (Lipinski definition) is 4. The van der Waals surface area contributed by atoms with Crippen molar-refractivity contribution < 1.29 is 0 Å². The van der Waals surface area contributed by atoms with E-state index in [-0.39, 0.29) is 18.1 Å². The summed E-state index contributed by atoms with van der Waals surface area (Å²) in [5.41, 5.74) is 0.243. The van der Waals surface area contributed by atoms with Crippen LogP contribution in [0.2, 0.25) is 0 Å². The quantitative estimate of drug-likeness (QED) is 0.518. The largest absolute Gasteiger partial charge is 0.240 e. The Morgan fingerprint density at radius 1 is 1.56 bits per heavy atom.